The Morgan fingerprint density at radius 2 is 1.02 bits per heavy atom. The zero-order chi connectivity index (χ0) is 29.1. The molecule has 4 aliphatic rings. The monoisotopic (exact) mass is 584 g/mol. The van der Waals surface area contributed by atoms with E-state index in [4.69, 9.17) is 28.4 Å². The molecule has 0 atom stereocenters. The molecule has 6 aromatic carbocycles. The average molecular weight is 585 g/mol. The van der Waals surface area contributed by atoms with E-state index in [1.54, 1.807) is 14.2 Å². The van der Waals surface area contributed by atoms with Gasteiger partial charge >= 0.3 is 0 Å². The molecule has 0 aliphatic carbocycles. The van der Waals surface area contributed by atoms with Crippen LogP contribution in [0.25, 0.3) is 54.2 Å². The van der Waals surface area contributed by atoms with Crippen molar-refractivity contribution < 1.29 is 28.4 Å². The van der Waals surface area contributed by atoms with Gasteiger partial charge in [-0.1, -0.05) is 0 Å². The summed E-state index contributed by atoms with van der Waals surface area (Å²) in [4.78, 5) is 0. The summed E-state index contributed by atoms with van der Waals surface area (Å²) >= 11 is 0. The molecule has 0 spiro atoms. The molecule has 10 rings (SSSR count). The lowest BCUT2D eigenvalue weighted by Crippen LogP contribution is -2.16. The van der Waals surface area contributed by atoms with Crippen LogP contribution in [0, 0.1) is 0 Å². The minimum absolute atomic E-state index is 0.220. The van der Waals surface area contributed by atoms with Crippen molar-refractivity contribution in [2.75, 3.05) is 51.5 Å². The number of ether oxygens (including phenoxy) is 6. The van der Waals surface area contributed by atoms with Crippen LogP contribution >= 0.6 is 0 Å². The summed E-state index contributed by atoms with van der Waals surface area (Å²) in [5.74, 6) is 4.80. The maximum absolute atomic E-state index is 6.14. The van der Waals surface area contributed by atoms with Crippen LogP contribution in [0.3, 0.4) is 0 Å². The van der Waals surface area contributed by atoms with E-state index >= 15 is 0 Å². The molecule has 2 N–H and O–H groups in total. The van der Waals surface area contributed by atoms with Crippen LogP contribution in [-0.4, -0.2) is 40.9 Å². The molecule has 0 fully saturated rings. The summed E-state index contributed by atoms with van der Waals surface area (Å²) in [5.41, 5.74) is 6.94. The predicted molar refractivity (Wildman–Crippen MR) is 172 cm³/mol. The SMILES string of the molecule is COc1ccc2c(c1)c(-c1c3c4c(cc5c(c4c4ccc(OC)cc14)OCO5)CCN3)c1c3c(cc4c(c32)OCO4)CCN1. The second-order valence-electron chi connectivity index (χ2n) is 11.7. The van der Waals surface area contributed by atoms with E-state index in [-0.39, 0.29) is 13.6 Å². The molecule has 0 aromatic heterocycles. The van der Waals surface area contributed by atoms with Gasteiger partial charge in [0.25, 0.3) is 0 Å². The first-order chi connectivity index (χ1) is 21.7. The number of hydrogen-bond donors (Lipinski definition) is 2. The molecular formula is C36H28N2O6. The summed E-state index contributed by atoms with van der Waals surface area (Å²) in [6, 6.07) is 17.0. The molecule has 44 heavy (non-hydrogen) atoms. The normalized spacial score (nSPS) is 15.6. The van der Waals surface area contributed by atoms with Gasteiger partial charge in [-0.25, -0.2) is 0 Å². The molecule has 0 saturated heterocycles. The highest BCUT2D eigenvalue weighted by Crippen LogP contribution is 2.58. The van der Waals surface area contributed by atoms with Gasteiger partial charge in [-0.3, -0.25) is 0 Å². The van der Waals surface area contributed by atoms with Crippen LogP contribution in [0.5, 0.6) is 34.5 Å². The highest BCUT2D eigenvalue weighted by molar-refractivity contribution is 6.31. The van der Waals surface area contributed by atoms with Crippen LogP contribution in [0.15, 0.2) is 48.5 Å². The number of nitrogens with one attached hydrogen (secondary N) is 2. The van der Waals surface area contributed by atoms with Gasteiger partial charge in [-0.2, -0.15) is 0 Å². The second-order valence-corrected chi connectivity index (χ2v) is 11.7. The third-order valence-corrected chi connectivity index (χ3v) is 9.66. The highest BCUT2D eigenvalue weighted by atomic mass is 16.7. The van der Waals surface area contributed by atoms with Crippen LogP contribution in [-0.2, 0) is 12.8 Å². The Kier molecular flexibility index (Phi) is 4.77. The average Bonchev–Trinajstić information content (AvgIpc) is 3.74. The van der Waals surface area contributed by atoms with Crippen molar-refractivity contribution in [3.8, 4) is 45.6 Å². The van der Waals surface area contributed by atoms with E-state index in [1.165, 1.54) is 21.9 Å². The Hall–Kier alpha value is -5.24. The van der Waals surface area contributed by atoms with Crippen molar-refractivity contribution >= 4 is 54.5 Å². The fourth-order valence-electron chi connectivity index (χ4n) is 7.86. The lowest BCUT2D eigenvalue weighted by Gasteiger charge is -2.30. The fraction of sp³-hybridized carbons (Fsp3) is 0.222. The minimum Gasteiger partial charge on any atom is -0.497 e. The van der Waals surface area contributed by atoms with Crippen molar-refractivity contribution in [1.29, 1.82) is 0 Å². The summed E-state index contributed by atoms with van der Waals surface area (Å²) in [6.07, 6.45) is 1.79. The second kappa shape index (κ2) is 8.66. The van der Waals surface area contributed by atoms with E-state index in [0.29, 0.717) is 0 Å². The summed E-state index contributed by atoms with van der Waals surface area (Å²) in [5, 5.41) is 16.5. The van der Waals surface area contributed by atoms with Crippen LogP contribution in [0.4, 0.5) is 11.4 Å². The maximum atomic E-state index is 6.14. The number of rotatable bonds is 3. The van der Waals surface area contributed by atoms with Crippen LogP contribution in [0.1, 0.15) is 11.1 Å². The Morgan fingerprint density at radius 3 is 1.48 bits per heavy atom. The third kappa shape index (κ3) is 3.02. The number of benzene rings is 6. The van der Waals surface area contributed by atoms with Crippen molar-refractivity contribution in [2.24, 2.45) is 0 Å². The number of fused-ring (bicyclic) bond motifs is 8. The first-order valence-corrected chi connectivity index (χ1v) is 15.0. The van der Waals surface area contributed by atoms with Crippen LogP contribution in [0.2, 0.25) is 0 Å². The largest absolute Gasteiger partial charge is 0.497 e. The lowest BCUT2D eigenvalue weighted by atomic mass is 9.81. The zero-order valence-electron chi connectivity index (χ0n) is 24.3. The first-order valence-electron chi connectivity index (χ1n) is 15.0. The van der Waals surface area contributed by atoms with Crippen molar-refractivity contribution in [3.63, 3.8) is 0 Å². The standard InChI is InChI=1S/C36H28N2O6/c1-39-19-3-5-21-23(13-19)29(33-27-17(7-9-37-33)11-25-35(31(21)27)43-15-41-25)30-24-14-20(40-2)4-6-22(24)32-28-18(8-10-38-34(28)30)12-26-36(32)44-16-42-26/h3-6,11-14,37-38H,7-10,15-16H2,1-2H3. The minimum atomic E-state index is 0.220. The van der Waals surface area contributed by atoms with Crippen molar-refractivity contribution in [3.05, 3.63) is 59.7 Å². The van der Waals surface area contributed by atoms with E-state index in [1.807, 2.05) is 12.1 Å². The van der Waals surface area contributed by atoms with E-state index < -0.39 is 0 Å². The fourth-order valence-corrected chi connectivity index (χ4v) is 7.86. The van der Waals surface area contributed by atoms with E-state index in [2.05, 4.69) is 47.0 Å². The Bertz CT molecular complexity index is 2120. The Labute approximate surface area is 252 Å². The number of hydrogen-bond acceptors (Lipinski definition) is 8. The predicted octanol–water partition coefficient (Wildman–Crippen LogP) is 7.38. The molecule has 0 radical (unpaired) electrons. The Morgan fingerprint density at radius 1 is 0.545 bits per heavy atom. The molecule has 8 heteroatoms. The zero-order valence-corrected chi connectivity index (χ0v) is 24.3. The summed E-state index contributed by atoms with van der Waals surface area (Å²) in [6.45, 7) is 2.06. The number of methoxy groups -OCH3 is 2. The van der Waals surface area contributed by atoms with Gasteiger partial charge in [0, 0.05) is 45.8 Å². The van der Waals surface area contributed by atoms with Gasteiger partial charge in [-0.15, -0.1) is 0 Å². The molecule has 0 unspecified atom stereocenters. The molecule has 0 amide bonds. The highest BCUT2D eigenvalue weighted by Gasteiger charge is 2.33. The molecule has 8 nitrogen and oxygen atoms in total. The lowest BCUT2D eigenvalue weighted by molar-refractivity contribution is 0.174. The topological polar surface area (TPSA) is 79.4 Å². The van der Waals surface area contributed by atoms with Crippen LogP contribution < -0.4 is 39.1 Å². The van der Waals surface area contributed by atoms with Gasteiger partial charge in [0.05, 0.1) is 25.6 Å². The summed E-state index contributed by atoms with van der Waals surface area (Å²) in [7, 11) is 3.43. The van der Waals surface area contributed by atoms with Gasteiger partial charge in [0.1, 0.15) is 11.5 Å². The third-order valence-electron chi connectivity index (χ3n) is 9.66. The smallest absolute Gasteiger partial charge is 0.231 e. The molecule has 0 saturated carbocycles. The van der Waals surface area contributed by atoms with Gasteiger partial charge in [0.2, 0.25) is 13.6 Å². The quantitative estimate of drug-likeness (QED) is 0.209. The first kappa shape index (κ1) is 24.2. The van der Waals surface area contributed by atoms with E-state index in [9.17, 15) is 0 Å². The van der Waals surface area contributed by atoms with Crippen molar-refractivity contribution in [2.45, 2.75) is 12.8 Å². The Balaban J connectivity index is 1.47. The van der Waals surface area contributed by atoms with E-state index in [0.717, 1.165) is 115 Å². The molecule has 4 heterocycles. The molecule has 4 aliphatic heterocycles. The number of anilines is 2. The van der Waals surface area contributed by atoms with Gasteiger partial charge < -0.3 is 39.1 Å². The molecular weight excluding hydrogens is 556 g/mol. The van der Waals surface area contributed by atoms with Gasteiger partial charge in [-0.05, 0) is 94.0 Å². The molecule has 0 bridgehead atoms. The van der Waals surface area contributed by atoms with Crippen molar-refractivity contribution in [1.82, 2.24) is 0 Å². The van der Waals surface area contributed by atoms with Gasteiger partial charge in [0.15, 0.2) is 23.0 Å². The molecule has 218 valence electrons. The molecule has 6 aromatic rings. The maximum Gasteiger partial charge on any atom is 0.231 e. The summed E-state index contributed by atoms with van der Waals surface area (Å²) < 4.78 is 35.8.